The van der Waals surface area contributed by atoms with Crippen molar-refractivity contribution in [1.82, 2.24) is 15.1 Å². The molecular weight excluding hydrogens is 459 g/mol. The number of sulfonamides is 1. The summed E-state index contributed by atoms with van der Waals surface area (Å²) in [6.07, 6.45) is 1.08. The minimum absolute atomic E-state index is 0.217. The summed E-state index contributed by atoms with van der Waals surface area (Å²) in [7, 11) is -3.40. The van der Waals surface area contributed by atoms with Gasteiger partial charge in [0.05, 0.1) is 30.1 Å². The molecule has 0 saturated carbocycles. The number of nitrogens with zero attached hydrogens (tertiary/aromatic N) is 2. The molecule has 2 aromatic carbocycles. The molecule has 0 radical (unpaired) electrons. The number of anilines is 1. The predicted octanol–water partition coefficient (Wildman–Crippen LogP) is 4.41. The Morgan fingerprint density at radius 3 is 2.55 bits per heavy atom. The van der Waals surface area contributed by atoms with Gasteiger partial charge in [0.15, 0.2) is 0 Å². The van der Waals surface area contributed by atoms with E-state index in [4.69, 9.17) is 23.2 Å². The molecule has 164 valence electrons. The highest BCUT2D eigenvalue weighted by molar-refractivity contribution is 7.92. The highest BCUT2D eigenvalue weighted by Crippen LogP contribution is 2.25. The fraction of sp³-hybridized carbons (Fsp3) is 0.238. The third kappa shape index (κ3) is 5.78. The number of hydrogen-bond donors (Lipinski definition) is 2. The first-order valence-corrected chi connectivity index (χ1v) is 12.0. The van der Waals surface area contributed by atoms with Crippen LogP contribution < -0.4 is 10.0 Å². The number of amides is 1. The zero-order valence-corrected chi connectivity index (χ0v) is 19.5. The number of hydrogen-bond acceptors (Lipinski definition) is 4. The lowest BCUT2D eigenvalue weighted by Crippen LogP contribution is -2.27. The molecule has 3 aromatic rings. The number of aromatic nitrogens is 2. The molecule has 31 heavy (non-hydrogen) atoms. The Labute approximate surface area is 191 Å². The van der Waals surface area contributed by atoms with Crippen LogP contribution in [0.3, 0.4) is 0 Å². The molecule has 0 aliphatic rings. The molecule has 0 aliphatic heterocycles. The minimum atomic E-state index is -3.40. The van der Waals surface area contributed by atoms with E-state index in [1.54, 1.807) is 44.2 Å². The Morgan fingerprint density at radius 2 is 1.87 bits per heavy atom. The fourth-order valence-electron chi connectivity index (χ4n) is 3.14. The van der Waals surface area contributed by atoms with E-state index in [1.807, 2.05) is 18.2 Å². The summed E-state index contributed by atoms with van der Waals surface area (Å²) < 4.78 is 26.9. The fourth-order valence-corrected chi connectivity index (χ4v) is 4.21. The van der Waals surface area contributed by atoms with Gasteiger partial charge in [-0.15, -0.1) is 0 Å². The van der Waals surface area contributed by atoms with Gasteiger partial charge in [-0.3, -0.25) is 9.52 Å². The van der Waals surface area contributed by atoms with Crippen molar-refractivity contribution in [3.8, 4) is 0 Å². The Hall–Kier alpha value is -2.55. The second-order valence-electron chi connectivity index (χ2n) is 7.20. The number of nitrogens with one attached hydrogen (secondary N) is 2. The third-order valence-corrected chi connectivity index (χ3v) is 5.97. The van der Waals surface area contributed by atoms with Gasteiger partial charge >= 0.3 is 0 Å². The van der Waals surface area contributed by atoms with Crippen LogP contribution in [-0.2, 0) is 16.6 Å². The largest absolute Gasteiger partial charge is 0.345 e. The van der Waals surface area contributed by atoms with Crippen molar-refractivity contribution in [2.24, 2.45) is 0 Å². The average molecular weight is 481 g/mol. The van der Waals surface area contributed by atoms with Gasteiger partial charge in [0.25, 0.3) is 5.91 Å². The molecule has 1 amide bonds. The summed E-state index contributed by atoms with van der Waals surface area (Å²) in [5, 5.41) is 8.09. The monoisotopic (exact) mass is 480 g/mol. The van der Waals surface area contributed by atoms with E-state index in [0.717, 1.165) is 17.4 Å². The minimum Gasteiger partial charge on any atom is -0.345 e. The Bertz CT molecular complexity index is 1230. The zero-order valence-electron chi connectivity index (χ0n) is 17.2. The third-order valence-electron chi connectivity index (χ3n) is 4.61. The maximum atomic E-state index is 12.9. The van der Waals surface area contributed by atoms with Crippen molar-refractivity contribution in [1.29, 1.82) is 0 Å². The van der Waals surface area contributed by atoms with Gasteiger partial charge in [-0.1, -0.05) is 53.5 Å². The first-order valence-electron chi connectivity index (χ1n) is 9.40. The van der Waals surface area contributed by atoms with E-state index in [0.29, 0.717) is 22.9 Å². The molecule has 1 unspecified atom stereocenters. The van der Waals surface area contributed by atoms with Crippen LogP contribution in [0.1, 0.15) is 40.1 Å². The lowest BCUT2D eigenvalue weighted by atomic mass is 10.1. The summed E-state index contributed by atoms with van der Waals surface area (Å²) in [5.74, 6) is -0.373. The standard InChI is InChI=1S/C21H22Cl2N4O3S/c1-13(15-8-6-9-17(11-15)26-31(3,29)30)24-21(28)19-14(2)25-27(20(19)23)12-16-7-4-5-10-18(16)22/h4-11,13,26H,12H2,1-3H3,(H,24,28). The van der Waals surface area contributed by atoms with E-state index in [9.17, 15) is 13.2 Å². The summed E-state index contributed by atoms with van der Waals surface area (Å²) in [6, 6.07) is 13.8. The second-order valence-corrected chi connectivity index (χ2v) is 9.71. The van der Waals surface area contributed by atoms with Crippen molar-refractivity contribution < 1.29 is 13.2 Å². The molecular formula is C21H22Cl2N4O3S. The van der Waals surface area contributed by atoms with Crippen molar-refractivity contribution in [2.45, 2.75) is 26.4 Å². The molecule has 10 heteroatoms. The van der Waals surface area contributed by atoms with Gasteiger partial charge in [0.2, 0.25) is 10.0 Å². The van der Waals surface area contributed by atoms with E-state index in [-0.39, 0.29) is 16.6 Å². The molecule has 0 bridgehead atoms. The topological polar surface area (TPSA) is 93.1 Å². The van der Waals surface area contributed by atoms with Crippen molar-refractivity contribution in [3.05, 3.63) is 81.1 Å². The molecule has 0 fully saturated rings. The van der Waals surface area contributed by atoms with Crippen LogP contribution in [0.25, 0.3) is 0 Å². The van der Waals surface area contributed by atoms with E-state index < -0.39 is 16.1 Å². The Morgan fingerprint density at radius 1 is 1.16 bits per heavy atom. The van der Waals surface area contributed by atoms with Gasteiger partial charge in [-0.25, -0.2) is 13.1 Å². The SMILES string of the molecule is Cc1nn(Cc2ccccc2Cl)c(Cl)c1C(=O)NC(C)c1cccc(NS(C)(=O)=O)c1. The number of benzene rings is 2. The molecule has 0 aliphatic carbocycles. The predicted molar refractivity (Wildman–Crippen MR) is 123 cm³/mol. The van der Waals surface area contributed by atoms with Gasteiger partial charge in [-0.05, 0) is 43.2 Å². The van der Waals surface area contributed by atoms with E-state index in [2.05, 4.69) is 15.1 Å². The van der Waals surface area contributed by atoms with Crippen LogP contribution in [0.2, 0.25) is 10.2 Å². The van der Waals surface area contributed by atoms with E-state index >= 15 is 0 Å². The van der Waals surface area contributed by atoms with E-state index in [1.165, 1.54) is 4.68 Å². The zero-order chi connectivity index (χ0) is 22.8. The summed E-state index contributed by atoms with van der Waals surface area (Å²) in [5.41, 5.74) is 2.77. The lowest BCUT2D eigenvalue weighted by molar-refractivity contribution is 0.0939. The van der Waals surface area contributed by atoms with Crippen LogP contribution in [0, 0.1) is 6.92 Å². The average Bonchev–Trinajstić information content (AvgIpc) is 2.95. The van der Waals surface area contributed by atoms with Gasteiger partial charge in [0, 0.05) is 10.7 Å². The maximum Gasteiger partial charge on any atom is 0.256 e. The highest BCUT2D eigenvalue weighted by atomic mass is 35.5. The number of aryl methyl sites for hydroxylation is 1. The second kappa shape index (κ2) is 9.30. The van der Waals surface area contributed by atoms with Gasteiger partial charge < -0.3 is 5.32 Å². The molecule has 7 nitrogen and oxygen atoms in total. The smallest absolute Gasteiger partial charge is 0.256 e. The first kappa shape index (κ1) is 23.1. The first-order chi connectivity index (χ1) is 14.5. The molecule has 0 saturated heterocycles. The van der Waals surface area contributed by atoms with Crippen molar-refractivity contribution >= 4 is 44.8 Å². The summed E-state index contributed by atoms with van der Waals surface area (Å²) >= 11 is 12.7. The number of carbonyl (C=O) groups excluding carboxylic acids is 1. The van der Waals surface area contributed by atoms with Gasteiger partial charge in [0.1, 0.15) is 5.15 Å². The number of halogens is 2. The number of carbonyl (C=O) groups is 1. The van der Waals surface area contributed by atoms with Crippen molar-refractivity contribution in [3.63, 3.8) is 0 Å². The van der Waals surface area contributed by atoms with Crippen LogP contribution in [0.4, 0.5) is 5.69 Å². The van der Waals surface area contributed by atoms with Crippen LogP contribution in [0.5, 0.6) is 0 Å². The number of rotatable bonds is 7. The quantitative estimate of drug-likeness (QED) is 0.523. The lowest BCUT2D eigenvalue weighted by Gasteiger charge is -2.16. The van der Waals surface area contributed by atoms with Crippen LogP contribution in [0.15, 0.2) is 48.5 Å². The Balaban J connectivity index is 1.78. The summed E-state index contributed by atoms with van der Waals surface area (Å²) in [4.78, 5) is 12.9. The van der Waals surface area contributed by atoms with Gasteiger partial charge in [-0.2, -0.15) is 5.10 Å². The molecule has 2 N–H and O–H groups in total. The molecule has 0 spiro atoms. The van der Waals surface area contributed by atoms with Crippen LogP contribution >= 0.6 is 23.2 Å². The maximum absolute atomic E-state index is 12.9. The van der Waals surface area contributed by atoms with Crippen LogP contribution in [-0.4, -0.2) is 30.4 Å². The Kier molecular flexibility index (Phi) is 6.93. The molecule has 3 rings (SSSR count). The highest BCUT2D eigenvalue weighted by Gasteiger charge is 2.22. The molecule has 1 atom stereocenters. The summed E-state index contributed by atoms with van der Waals surface area (Å²) in [6.45, 7) is 3.85. The molecule has 1 heterocycles. The van der Waals surface area contributed by atoms with Crippen molar-refractivity contribution in [2.75, 3.05) is 11.0 Å². The molecule has 1 aromatic heterocycles. The normalized spacial score (nSPS) is 12.4.